The summed E-state index contributed by atoms with van der Waals surface area (Å²) in [6.07, 6.45) is 0.923. The lowest BCUT2D eigenvalue weighted by Gasteiger charge is -2.05. The highest BCUT2D eigenvalue weighted by Crippen LogP contribution is 2.20. The number of esters is 1. The van der Waals surface area contributed by atoms with Crippen molar-refractivity contribution in [3.05, 3.63) is 65.0 Å². The van der Waals surface area contributed by atoms with Gasteiger partial charge in [0, 0.05) is 10.6 Å². The minimum atomic E-state index is -0.474. The molecule has 0 amide bonds. The van der Waals surface area contributed by atoms with Gasteiger partial charge in [-0.15, -0.1) is 10.2 Å². The maximum atomic E-state index is 12.1. The number of ether oxygens (including phenoxy) is 2. The van der Waals surface area contributed by atoms with Crippen molar-refractivity contribution in [2.75, 3.05) is 6.61 Å². The van der Waals surface area contributed by atoms with Gasteiger partial charge in [-0.05, 0) is 55.0 Å². The Bertz CT molecular complexity index is 860. The topological polar surface area (TPSA) is 74.5 Å². The van der Waals surface area contributed by atoms with E-state index in [9.17, 15) is 4.79 Å². The van der Waals surface area contributed by atoms with Gasteiger partial charge in [-0.25, -0.2) is 4.79 Å². The third-order valence-electron chi connectivity index (χ3n) is 3.45. The van der Waals surface area contributed by atoms with Gasteiger partial charge in [0.1, 0.15) is 5.75 Å². The summed E-state index contributed by atoms with van der Waals surface area (Å²) in [6, 6.07) is 13.8. The first kappa shape index (κ1) is 17.9. The van der Waals surface area contributed by atoms with Gasteiger partial charge in [0.15, 0.2) is 6.61 Å². The molecule has 0 saturated carbocycles. The van der Waals surface area contributed by atoms with Crippen LogP contribution in [0.4, 0.5) is 0 Å². The number of aromatic nitrogens is 2. The Balaban J connectivity index is 1.57. The number of rotatable bonds is 7. The van der Waals surface area contributed by atoms with Crippen molar-refractivity contribution >= 4 is 17.6 Å². The molecule has 3 rings (SSSR count). The van der Waals surface area contributed by atoms with E-state index in [-0.39, 0.29) is 12.5 Å². The fourth-order valence-electron chi connectivity index (χ4n) is 2.14. The highest BCUT2D eigenvalue weighted by atomic mass is 35.5. The molecule has 7 heteroatoms. The molecule has 0 N–H and O–H groups in total. The van der Waals surface area contributed by atoms with Gasteiger partial charge < -0.3 is 13.9 Å². The van der Waals surface area contributed by atoms with E-state index >= 15 is 0 Å². The predicted molar refractivity (Wildman–Crippen MR) is 96.1 cm³/mol. The van der Waals surface area contributed by atoms with Gasteiger partial charge in [-0.1, -0.05) is 18.5 Å². The highest BCUT2D eigenvalue weighted by molar-refractivity contribution is 6.30. The molecule has 0 aliphatic rings. The molecule has 3 aromatic rings. The average molecular weight is 373 g/mol. The zero-order chi connectivity index (χ0) is 18.4. The second-order valence-corrected chi connectivity index (χ2v) is 5.89. The Morgan fingerprint density at radius 2 is 1.81 bits per heavy atom. The first-order valence-corrected chi connectivity index (χ1v) is 8.52. The molecule has 0 atom stereocenters. The van der Waals surface area contributed by atoms with E-state index in [1.165, 1.54) is 0 Å². The smallest absolute Gasteiger partial charge is 0.338 e. The van der Waals surface area contributed by atoms with Gasteiger partial charge in [0.2, 0.25) is 5.89 Å². The molecule has 2 aromatic carbocycles. The van der Waals surface area contributed by atoms with E-state index in [1.807, 2.05) is 6.92 Å². The normalized spacial score (nSPS) is 10.5. The summed E-state index contributed by atoms with van der Waals surface area (Å²) in [5.74, 6) is 0.794. The minimum absolute atomic E-state index is 0.104. The Morgan fingerprint density at radius 1 is 1.08 bits per heavy atom. The van der Waals surface area contributed by atoms with Crippen molar-refractivity contribution in [3.8, 4) is 17.2 Å². The molecule has 0 aliphatic carbocycles. The summed E-state index contributed by atoms with van der Waals surface area (Å²) in [4.78, 5) is 12.1. The summed E-state index contributed by atoms with van der Waals surface area (Å²) in [7, 11) is 0. The quantitative estimate of drug-likeness (QED) is 0.567. The molecule has 1 heterocycles. The van der Waals surface area contributed by atoms with Crippen LogP contribution in [0.5, 0.6) is 5.75 Å². The Hall–Kier alpha value is -2.86. The van der Waals surface area contributed by atoms with Gasteiger partial charge in [-0.2, -0.15) is 0 Å². The Morgan fingerprint density at radius 3 is 2.50 bits per heavy atom. The van der Waals surface area contributed by atoms with Gasteiger partial charge in [-0.3, -0.25) is 0 Å². The molecule has 6 nitrogen and oxygen atoms in total. The van der Waals surface area contributed by atoms with Crippen LogP contribution in [0.3, 0.4) is 0 Å². The van der Waals surface area contributed by atoms with E-state index in [2.05, 4.69) is 10.2 Å². The Kier molecular flexibility index (Phi) is 5.86. The molecule has 0 aliphatic heterocycles. The van der Waals surface area contributed by atoms with Crippen molar-refractivity contribution in [2.24, 2.45) is 0 Å². The van der Waals surface area contributed by atoms with Crippen LogP contribution in [0.25, 0.3) is 11.5 Å². The van der Waals surface area contributed by atoms with Crippen LogP contribution in [0.15, 0.2) is 52.9 Å². The standard InChI is InChI=1S/C19H17ClN2O4/c1-2-11-24-16-9-5-14(6-10-16)19(23)25-12-17-21-22-18(26-17)13-3-7-15(20)8-4-13/h3-10H,2,11-12H2,1H3. The van der Waals surface area contributed by atoms with Crippen LogP contribution >= 0.6 is 11.6 Å². The Labute approximate surface area is 155 Å². The van der Waals surface area contributed by atoms with Crippen molar-refractivity contribution in [3.63, 3.8) is 0 Å². The second kappa shape index (κ2) is 8.49. The summed E-state index contributed by atoms with van der Waals surface area (Å²) < 4.78 is 16.2. The predicted octanol–water partition coefficient (Wildman–Crippen LogP) is 4.54. The van der Waals surface area contributed by atoms with Crippen LogP contribution in [0.1, 0.15) is 29.6 Å². The first-order chi connectivity index (χ1) is 12.7. The van der Waals surface area contributed by atoms with Gasteiger partial charge in [0.25, 0.3) is 5.89 Å². The molecule has 1 aromatic heterocycles. The molecule has 0 spiro atoms. The first-order valence-electron chi connectivity index (χ1n) is 8.14. The molecular weight excluding hydrogens is 356 g/mol. The number of carbonyl (C=O) groups is 1. The number of halogens is 1. The van der Waals surface area contributed by atoms with Crippen LogP contribution < -0.4 is 4.74 Å². The molecule has 0 fully saturated rings. The van der Waals surface area contributed by atoms with Crippen molar-refractivity contribution in [2.45, 2.75) is 20.0 Å². The number of nitrogens with zero attached hydrogens (tertiary/aromatic N) is 2. The molecular formula is C19H17ClN2O4. The van der Waals surface area contributed by atoms with Crippen LogP contribution in [-0.4, -0.2) is 22.8 Å². The number of hydrogen-bond acceptors (Lipinski definition) is 6. The highest BCUT2D eigenvalue weighted by Gasteiger charge is 2.12. The zero-order valence-electron chi connectivity index (χ0n) is 14.1. The van der Waals surface area contributed by atoms with E-state index < -0.39 is 5.97 Å². The number of benzene rings is 2. The third-order valence-corrected chi connectivity index (χ3v) is 3.70. The molecule has 0 radical (unpaired) electrons. The van der Waals surface area contributed by atoms with E-state index in [0.29, 0.717) is 28.8 Å². The minimum Gasteiger partial charge on any atom is -0.494 e. The maximum absolute atomic E-state index is 12.1. The second-order valence-electron chi connectivity index (χ2n) is 5.46. The molecule has 26 heavy (non-hydrogen) atoms. The number of hydrogen-bond donors (Lipinski definition) is 0. The largest absolute Gasteiger partial charge is 0.494 e. The van der Waals surface area contributed by atoms with Crippen LogP contribution in [0, 0.1) is 0 Å². The lowest BCUT2D eigenvalue weighted by molar-refractivity contribution is 0.0438. The summed E-state index contributed by atoms with van der Waals surface area (Å²) in [5.41, 5.74) is 1.16. The monoisotopic (exact) mass is 372 g/mol. The fraction of sp³-hybridized carbons (Fsp3) is 0.211. The van der Waals surface area contributed by atoms with Crippen LogP contribution in [0.2, 0.25) is 5.02 Å². The summed E-state index contributed by atoms with van der Waals surface area (Å²) in [6.45, 7) is 2.56. The average Bonchev–Trinajstić information content (AvgIpc) is 3.14. The van der Waals surface area contributed by atoms with Gasteiger partial charge in [0.05, 0.1) is 12.2 Å². The van der Waals surface area contributed by atoms with Crippen molar-refractivity contribution in [1.82, 2.24) is 10.2 Å². The van der Waals surface area contributed by atoms with Gasteiger partial charge >= 0.3 is 5.97 Å². The van der Waals surface area contributed by atoms with E-state index in [0.717, 1.165) is 12.0 Å². The third kappa shape index (κ3) is 4.61. The molecule has 134 valence electrons. The lowest BCUT2D eigenvalue weighted by atomic mass is 10.2. The SMILES string of the molecule is CCCOc1ccc(C(=O)OCc2nnc(-c3ccc(Cl)cc3)o2)cc1. The molecule has 0 unspecified atom stereocenters. The molecule has 0 bridgehead atoms. The van der Waals surface area contributed by atoms with E-state index in [4.69, 9.17) is 25.5 Å². The lowest BCUT2D eigenvalue weighted by Crippen LogP contribution is -2.05. The van der Waals surface area contributed by atoms with Crippen molar-refractivity contribution < 1.29 is 18.7 Å². The number of carbonyl (C=O) groups excluding carboxylic acids is 1. The van der Waals surface area contributed by atoms with E-state index in [1.54, 1.807) is 48.5 Å². The fourth-order valence-corrected chi connectivity index (χ4v) is 2.26. The summed E-state index contributed by atoms with van der Waals surface area (Å²) in [5, 5.41) is 8.44. The van der Waals surface area contributed by atoms with Crippen LogP contribution in [-0.2, 0) is 11.3 Å². The maximum Gasteiger partial charge on any atom is 0.338 e. The molecule has 0 saturated heterocycles. The van der Waals surface area contributed by atoms with Crippen molar-refractivity contribution in [1.29, 1.82) is 0 Å². The summed E-state index contributed by atoms with van der Waals surface area (Å²) >= 11 is 5.85. The zero-order valence-corrected chi connectivity index (χ0v) is 14.9.